The van der Waals surface area contributed by atoms with Crippen LogP contribution in [0.25, 0.3) is 0 Å². The number of rotatable bonds is 7. The predicted molar refractivity (Wildman–Crippen MR) is 101 cm³/mol. The standard InChI is InChI=1S/C21H28N2O/c1-4-5-9-14-23(16-19-10-7-6-8-11-19)21(24)22-20-13-12-17(2)15-18(20)3/h6-8,10-13,15H,4-5,9,14,16H2,1-3H3,(H,22,24). The van der Waals surface area contributed by atoms with E-state index in [1.165, 1.54) is 5.56 Å². The molecule has 2 aromatic carbocycles. The maximum Gasteiger partial charge on any atom is 0.322 e. The van der Waals surface area contributed by atoms with Crippen molar-refractivity contribution in [3.8, 4) is 0 Å². The summed E-state index contributed by atoms with van der Waals surface area (Å²) in [6.45, 7) is 7.68. The van der Waals surface area contributed by atoms with Gasteiger partial charge in [-0.05, 0) is 37.5 Å². The van der Waals surface area contributed by atoms with Crippen molar-refractivity contribution in [1.82, 2.24) is 4.90 Å². The predicted octanol–water partition coefficient (Wildman–Crippen LogP) is 5.53. The first kappa shape index (κ1) is 18.1. The Labute approximate surface area is 145 Å². The fourth-order valence-electron chi connectivity index (χ4n) is 2.76. The van der Waals surface area contributed by atoms with Gasteiger partial charge in [0.25, 0.3) is 0 Å². The molecule has 2 amide bonds. The van der Waals surface area contributed by atoms with Gasteiger partial charge in [-0.2, -0.15) is 0 Å². The highest BCUT2D eigenvalue weighted by Gasteiger charge is 2.14. The quantitative estimate of drug-likeness (QED) is 0.667. The lowest BCUT2D eigenvalue weighted by atomic mass is 10.1. The molecule has 24 heavy (non-hydrogen) atoms. The van der Waals surface area contributed by atoms with Gasteiger partial charge in [-0.1, -0.05) is 67.8 Å². The van der Waals surface area contributed by atoms with Crippen LogP contribution < -0.4 is 5.32 Å². The Hall–Kier alpha value is -2.29. The normalized spacial score (nSPS) is 10.5. The summed E-state index contributed by atoms with van der Waals surface area (Å²) < 4.78 is 0. The van der Waals surface area contributed by atoms with E-state index in [0.717, 1.165) is 42.6 Å². The molecule has 0 fully saturated rings. The number of unbranched alkanes of at least 4 members (excludes halogenated alkanes) is 2. The Morgan fingerprint density at radius 1 is 1.04 bits per heavy atom. The lowest BCUT2D eigenvalue weighted by Gasteiger charge is -2.24. The van der Waals surface area contributed by atoms with Gasteiger partial charge in [-0.3, -0.25) is 0 Å². The summed E-state index contributed by atoms with van der Waals surface area (Å²) in [5.41, 5.74) is 4.34. The zero-order chi connectivity index (χ0) is 17.4. The van der Waals surface area contributed by atoms with Crippen molar-refractivity contribution in [2.75, 3.05) is 11.9 Å². The first-order valence-electron chi connectivity index (χ1n) is 8.77. The maximum atomic E-state index is 12.8. The summed E-state index contributed by atoms with van der Waals surface area (Å²) in [6, 6.07) is 16.2. The molecule has 2 rings (SSSR count). The molecule has 0 radical (unpaired) electrons. The van der Waals surface area contributed by atoms with E-state index in [-0.39, 0.29) is 6.03 Å². The van der Waals surface area contributed by atoms with Crippen LogP contribution in [-0.2, 0) is 6.54 Å². The minimum atomic E-state index is -0.0260. The van der Waals surface area contributed by atoms with Crippen molar-refractivity contribution in [2.45, 2.75) is 46.6 Å². The number of amides is 2. The second kappa shape index (κ2) is 9.11. The molecule has 0 atom stereocenters. The van der Waals surface area contributed by atoms with E-state index in [0.29, 0.717) is 6.54 Å². The number of urea groups is 1. The number of nitrogens with one attached hydrogen (secondary N) is 1. The molecule has 0 aromatic heterocycles. The number of anilines is 1. The van der Waals surface area contributed by atoms with Gasteiger partial charge >= 0.3 is 6.03 Å². The van der Waals surface area contributed by atoms with E-state index in [4.69, 9.17) is 0 Å². The first-order chi connectivity index (χ1) is 11.6. The van der Waals surface area contributed by atoms with Crippen LogP contribution in [0.5, 0.6) is 0 Å². The van der Waals surface area contributed by atoms with Crippen molar-refractivity contribution in [1.29, 1.82) is 0 Å². The molecule has 0 spiro atoms. The van der Waals surface area contributed by atoms with Crippen LogP contribution in [0.2, 0.25) is 0 Å². The molecule has 0 aliphatic heterocycles. The molecule has 0 aliphatic carbocycles. The van der Waals surface area contributed by atoms with Crippen molar-refractivity contribution in [3.63, 3.8) is 0 Å². The number of carbonyl (C=O) groups is 1. The molecular formula is C21H28N2O. The molecule has 128 valence electrons. The fourth-order valence-corrected chi connectivity index (χ4v) is 2.76. The monoisotopic (exact) mass is 324 g/mol. The highest BCUT2D eigenvalue weighted by Crippen LogP contribution is 2.17. The van der Waals surface area contributed by atoms with Gasteiger partial charge in [0.2, 0.25) is 0 Å². The number of nitrogens with zero attached hydrogens (tertiary/aromatic N) is 1. The van der Waals surface area contributed by atoms with E-state index in [1.54, 1.807) is 0 Å². The summed E-state index contributed by atoms with van der Waals surface area (Å²) in [4.78, 5) is 14.7. The van der Waals surface area contributed by atoms with Gasteiger partial charge in [-0.25, -0.2) is 4.79 Å². The smallest absolute Gasteiger partial charge is 0.320 e. The topological polar surface area (TPSA) is 32.3 Å². The Balaban J connectivity index is 2.07. The second-order valence-electron chi connectivity index (χ2n) is 6.36. The van der Waals surface area contributed by atoms with Crippen LogP contribution in [0.15, 0.2) is 48.5 Å². The average molecular weight is 324 g/mol. The molecule has 3 heteroatoms. The van der Waals surface area contributed by atoms with E-state index < -0.39 is 0 Å². The third kappa shape index (κ3) is 5.41. The second-order valence-corrected chi connectivity index (χ2v) is 6.36. The molecule has 0 saturated carbocycles. The number of benzene rings is 2. The van der Waals surface area contributed by atoms with Gasteiger partial charge in [0, 0.05) is 18.8 Å². The average Bonchev–Trinajstić information content (AvgIpc) is 2.57. The third-order valence-corrected chi connectivity index (χ3v) is 4.16. The molecule has 0 aliphatic rings. The number of hydrogen-bond donors (Lipinski definition) is 1. The van der Waals surface area contributed by atoms with Gasteiger partial charge < -0.3 is 10.2 Å². The third-order valence-electron chi connectivity index (χ3n) is 4.16. The minimum Gasteiger partial charge on any atom is -0.320 e. The first-order valence-corrected chi connectivity index (χ1v) is 8.77. The number of hydrogen-bond acceptors (Lipinski definition) is 1. The van der Waals surface area contributed by atoms with Crippen LogP contribution in [0.1, 0.15) is 42.9 Å². The summed E-state index contributed by atoms with van der Waals surface area (Å²) in [5.74, 6) is 0. The van der Waals surface area contributed by atoms with Gasteiger partial charge in [0.1, 0.15) is 0 Å². The Morgan fingerprint density at radius 3 is 2.46 bits per heavy atom. The zero-order valence-corrected chi connectivity index (χ0v) is 15.0. The van der Waals surface area contributed by atoms with Crippen LogP contribution in [0.4, 0.5) is 10.5 Å². The number of carbonyl (C=O) groups excluding carboxylic acids is 1. The SMILES string of the molecule is CCCCCN(Cc1ccccc1)C(=O)Nc1ccc(C)cc1C. The Bertz CT molecular complexity index is 652. The molecule has 1 N–H and O–H groups in total. The summed E-state index contributed by atoms with van der Waals surface area (Å²) in [5, 5.41) is 3.07. The zero-order valence-electron chi connectivity index (χ0n) is 15.0. The lowest BCUT2D eigenvalue weighted by molar-refractivity contribution is 0.208. The lowest BCUT2D eigenvalue weighted by Crippen LogP contribution is -2.35. The van der Waals surface area contributed by atoms with E-state index in [1.807, 2.05) is 42.2 Å². The Kier molecular flexibility index (Phi) is 6.86. The van der Waals surface area contributed by atoms with Crippen LogP contribution in [-0.4, -0.2) is 17.5 Å². The number of aryl methyl sites for hydroxylation is 2. The van der Waals surface area contributed by atoms with E-state index in [9.17, 15) is 4.79 Å². The van der Waals surface area contributed by atoms with Crippen molar-refractivity contribution in [3.05, 3.63) is 65.2 Å². The fraction of sp³-hybridized carbons (Fsp3) is 0.381. The molecule has 0 unspecified atom stereocenters. The maximum absolute atomic E-state index is 12.8. The highest BCUT2D eigenvalue weighted by atomic mass is 16.2. The molecule has 0 bridgehead atoms. The highest BCUT2D eigenvalue weighted by molar-refractivity contribution is 5.90. The van der Waals surface area contributed by atoms with Crippen molar-refractivity contribution >= 4 is 11.7 Å². The van der Waals surface area contributed by atoms with Crippen LogP contribution in [0.3, 0.4) is 0 Å². The minimum absolute atomic E-state index is 0.0260. The van der Waals surface area contributed by atoms with Crippen LogP contribution in [0, 0.1) is 13.8 Å². The van der Waals surface area contributed by atoms with E-state index >= 15 is 0 Å². The summed E-state index contributed by atoms with van der Waals surface area (Å²) >= 11 is 0. The Morgan fingerprint density at radius 2 is 1.79 bits per heavy atom. The van der Waals surface area contributed by atoms with Crippen molar-refractivity contribution < 1.29 is 4.79 Å². The van der Waals surface area contributed by atoms with Gasteiger partial charge in [-0.15, -0.1) is 0 Å². The van der Waals surface area contributed by atoms with Crippen molar-refractivity contribution in [2.24, 2.45) is 0 Å². The van der Waals surface area contributed by atoms with E-state index in [2.05, 4.69) is 37.4 Å². The summed E-state index contributed by atoms with van der Waals surface area (Å²) in [6.07, 6.45) is 3.32. The summed E-state index contributed by atoms with van der Waals surface area (Å²) in [7, 11) is 0. The van der Waals surface area contributed by atoms with Crippen LogP contribution >= 0.6 is 0 Å². The molecule has 3 nitrogen and oxygen atoms in total. The molecule has 2 aromatic rings. The van der Waals surface area contributed by atoms with Gasteiger partial charge in [0.15, 0.2) is 0 Å². The largest absolute Gasteiger partial charge is 0.322 e. The molecule has 0 saturated heterocycles. The molecular weight excluding hydrogens is 296 g/mol. The molecule has 0 heterocycles. The van der Waals surface area contributed by atoms with Gasteiger partial charge in [0.05, 0.1) is 0 Å².